The number of nitrogens with zero attached hydrogens (tertiary/aromatic N) is 2. The minimum absolute atomic E-state index is 0.112. The molecule has 0 saturated heterocycles. The number of nitrogens with one attached hydrogen (secondary N) is 1. The fourth-order valence-corrected chi connectivity index (χ4v) is 2.15. The first kappa shape index (κ1) is 14.8. The number of benzene rings is 2. The van der Waals surface area contributed by atoms with Crippen molar-refractivity contribution in [3.8, 4) is 11.4 Å². The second-order valence-corrected chi connectivity index (χ2v) is 4.93. The summed E-state index contributed by atoms with van der Waals surface area (Å²) in [6, 6.07) is 16.9. The third-order valence-corrected chi connectivity index (χ3v) is 3.33. The van der Waals surface area contributed by atoms with Gasteiger partial charge in [-0.25, -0.2) is 4.98 Å². The highest BCUT2D eigenvalue weighted by molar-refractivity contribution is 5.94. The summed E-state index contributed by atoms with van der Waals surface area (Å²) in [6.45, 7) is 0.889. The maximum Gasteiger partial charge on any atom is 0.251 e. The molecule has 5 heteroatoms. The summed E-state index contributed by atoms with van der Waals surface area (Å²) in [5, 5.41) is 2.84. The molecule has 0 radical (unpaired) electrons. The van der Waals surface area contributed by atoms with E-state index >= 15 is 0 Å². The van der Waals surface area contributed by atoms with Gasteiger partial charge in [0.05, 0.1) is 12.9 Å². The van der Waals surface area contributed by atoms with E-state index in [0.29, 0.717) is 18.7 Å². The van der Waals surface area contributed by atoms with Gasteiger partial charge in [-0.05, 0) is 36.4 Å². The van der Waals surface area contributed by atoms with Crippen LogP contribution in [0, 0.1) is 0 Å². The zero-order valence-corrected chi connectivity index (χ0v) is 12.6. The SMILES string of the molecule is O=C(NCCOc1ccccc1)c1ccc(-n2ccnc2)cc1. The number of aromatic nitrogens is 2. The number of rotatable bonds is 6. The summed E-state index contributed by atoms with van der Waals surface area (Å²) in [4.78, 5) is 16.1. The number of amides is 1. The standard InChI is InChI=1S/C18H17N3O2/c22-18(20-11-13-23-17-4-2-1-3-5-17)15-6-8-16(9-7-15)21-12-10-19-14-21/h1-10,12,14H,11,13H2,(H,20,22). The molecule has 1 N–H and O–H groups in total. The third kappa shape index (κ3) is 3.97. The zero-order chi connectivity index (χ0) is 15.9. The summed E-state index contributed by atoms with van der Waals surface area (Å²) in [5.74, 6) is 0.685. The Labute approximate surface area is 134 Å². The van der Waals surface area contributed by atoms with Crippen molar-refractivity contribution in [3.63, 3.8) is 0 Å². The molecule has 3 aromatic rings. The van der Waals surface area contributed by atoms with Gasteiger partial charge < -0.3 is 14.6 Å². The van der Waals surface area contributed by atoms with Gasteiger partial charge in [-0.2, -0.15) is 0 Å². The van der Waals surface area contributed by atoms with Crippen LogP contribution in [-0.2, 0) is 0 Å². The maximum atomic E-state index is 12.1. The monoisotopic (exact) mass is 307 g/mol. The van der Waals surface area contributed by atoms with Gasteiger partial charge in [0.2, 0.25) is 0 Å². The van der Waals surface area contributed by atoms with Crippen LogP contribution in [0.2, 0.25) is 0 Å². The van der Waals surface area contributed by atoms with E-state index < -0.39 is 0 Å². The fourth-order valence-electron chi connectivity index (χ4n) is 2.15. The topological polar surface area (TPSA) is 56.1 Å². The molecule has 0 aliphatic rings. The third-order valence-electron chi connectivity index (χ3n) is 3.33. The Morgan fingerprint density at radius 2 is 1.87 bits per heavy atom. The molecule has 116 valence electrons. The second kappa shape index (κ2) is 7.26. The van der Waals surface area contributed by atoms with E-state index in [1.54, 1.807) is 24.7 Å². The second-order valence-electron chi connectivity index (χ2n) is 4.93. The molecular formula is C18H17N3O2. The lowest BCUT2D eigenvalue weighted by Crippen LogP contribution is -2.28. The Kier molecular flexibility index (Phi) is 4.69. The van der Waals surface area contributed by atoms with Gasteiger partial charge in [-0.3, -0.25) is 4.79 Å². The van der Waals surface area contributed by atoms with E-state index in [9.17, 15) is 4.79 Å². The van der Waals surface area contributed by atoms with Crippen LogP contribution in [0.15, 0.2) is 73.3 Å². The number of hydrogen-bond acceptors (Lipinski definition) is 3. The lowest BCUT2D eigenvalue weighted by molar-refractivity contribution is 0.0947. The normalized spacial score (nSPS) is 10.3. The molecule has 0 aliphatic carbocycles. The molecule has 5 nitrogen and oxygen atoms in total. The smallest absolute Gasteiger partial charge is 0.251 e. The number of hydrogen-bond donors (Lipinski definition) is 1. The molecule has 1 amide bonds. The maximum absolute atomic E-state index is 12.1. The van der Waals surface area contributed by atoms with Crippen molar-refractivity contribution in [2.45, 2.75) is 0 Å². The predicted octanol–water partition coefficient (Wildman–Crippen LogP) is 2.68. The van der Waals surface area contributed by atoms with Gasteiger partial charge >= 0.3 is 0 Å². The van der Waals surface area contributed by atoms with Crippen molar-refractivity contribution >= 4 is 5.91 Å². The van der Waals surface area contributed by atoms with E-state index in [1.165, 1.54) is 0 Å². The highest BCUT2D eigenvalue weighted by atomic mass is 16.5. The number of para-hydroxylation sites is 1. The van der Waals surface area contributed by atoms with Crippen LogP contribution in [0.1, 0.15) is 10.4 Å². The summed E-state index contributed by atoms with van der Waals surface area (Å²) in [5.41, 5.74) is 1.58. The van der Waals surface area contributed by atoms with Gasteiger partial charge in [0, 0.05) is 23.6 Å². The van der Waals surface area contributed by atoms with Crippen LogP contribution in [0.4, 0.5) is 0 Å². The molecule has 3 rings (SSSR count). The Hall–Kier alpha value is -3.08. The minimum Gasteiger partial charge on any atom is -0.492 e. The lowest BCUT2D eigenvalue weighted by Gasteiger charge is -2.08. The molecule has 23 heavy (non-hydrogen) atoms. The van der Waals surface area contributed by atoms with Crippen molar-refractivity contribution < 1.29 is 9.53 Å². The van der Waals surface area contributed by atoms with Crippen molar-refractivity contribution in [1.29, 1.82) is 0 Å². The van der Waals surface area contributed by atoms with E-state index in [1.807, 2.05) is 53.2 Å². The van der Waals surface area contributed by atoms with Crippen molar-refractivity contribution in [3.05, 3.63) is 78.9 Å². The number of imidazole rings is 1. The molecular weight excluding hydrogens is 290 g/mol. The van der Waals surface area contributed by atoms with E-state index in [4.69, 9.17) is 4.74 Å². The average molecular weight is 307 g/mol. The molecule has 0 atom stereocenters. The Bertz CT molecular complexity index is 738. The zero-order valence-electron chi connectivity index (χ0n) is 12.6. The van der Waals surface area contributed by atoms with Crippen LogP contribution in [-0.4, -0.2) is 28.6 Å². The number of ether oxygens (including phenoxy) is 1. The fraction of sp³-hybridized carbons (Fsp3) is 0.111. The first-order chi connectivity index (χ1) is 11.3. The van der Waals surface area contributed by atoms with Crippen LogP contribution in [0.5, 0.6) is 5.75 Å². The summed E-state index contributed by atoms with van der Waals surface area (Å²) >= 11 is 0. The lowest BCUT2D eigenvalue weighted by atomic mass is 10.2. The molecule has 0 unspecified atom stereocenters. The Morgan fingerprint density at radius 3 is 2.57 bits per heavy atom. The van der Waals surface area contributed by atoms with Crippen molar-refractivity contribution in [1.82, 2.24) is 14.9 Å². The first-order valence-corrected chi connectivity index (χ1v) is 7.37. The van der Waals surface area contributed by atoms with Gasteiger partial charge in [0.1, 0.15) is 12.4 Å². The molecule has 1 heterocycles. The molecule has 0 bridgehead atoms. The molecule has 0 aliphatic heterocycles. The molecule has 0 spiro atoms. The van der Waals surface area contributed by atoms with Crippen molar-refractivity contribution in [2.24, 2.45) is 0 Å². The van der Waals surface area contributed by atoms with Crippen LogP contribution in [0.3, 0.4) is 0 Å². The van der Waals surface area contributed by atoms with Gasteiger partial charge in [0.25, 0.3) is 5.91 Å². The summed E-state index contributed by atoms with van der Waals surface area (Å²) in [6.07, 6.45) is 5.29. The van der Waals surface area contributed by atoms with Crippen LogP contribution < -0.4 is 10.1 Å². The number of carbonyl (C=O) groups excluding carboxylic acids is 1. The molecule has 1 aromatic heterocycles. The molecule has 0 saturated carbocycles. The quantitative estimate of drug-likeness (QED) is 0.712. The van der Waals surface area contributed by atoms with E-state index in [2.05, 4.69) is 10.3 Å². The summed E-state index contributed by atoms with van der Waals surface area (Å²) in [7, 11) is 0. The van der Waals surface area contributed by atoms with Gasteiger partial charge in [-0.1, -0.05) is 18.2 Å². The van der Waals surface area contributed by atoms with Crippen LogP contribution >= 0.6 is 0 Å². The van der Waals surface area contributed by atoms with Gasteiger partial charge in [-0.15, -0.1) is 0 Å². The largest absolute Gasteiger partial charge is 0.492 e. The predicted molar refractivity (Wildman–Crippen MR) is 87.8 cm³/mol. The minimum atomic E-state index is -0.112. The average Bonchev–Trinajstić information content (AvgIpc) is 3.14. The highest BCUT2D eigenvalue weighted by Crippen LogP contribution is 2.09. The van der Waals surface area contributed by atoms with Crippen molar-refractivity contribution in [2.75, 3.05) is 13.2 Å². The van der Waals surface area contributed by atoms with Crippen LogP contribution in [0.25, 0.3) is 5.69 Å². The Morgan fingerprint density at radius 1 is 1.09 bits per heavy atom. The number of carbonyl (C=O) groups is 1. The van der Waals surface area contributed by atoms with E-state index in [-0.39, 0.29) is 5.91 Å². The highest BCUT2D eigenvalue weighted by Gasteiger charge is 2.05. The molecule has 0 fully saturated rings. The van der Waals surface area contributed by atoms with Gasteiger partial charge in [0.15, 0.2) is 0 Å². The first-order valence-electron chi connectivity index (χ1n) is 7.37. The Balaban J connectivity index is 1.48. The van der Waals surface area contributed by atoms with E-state index in [0.717, 1.165) is 11.4 Å². The molecule has 2 aromatic carbocycles. The summed E-state index contributed by atoms with van der Waals surface area (Å²) < 4.78 is 7.42.